The van der Waals surface area contributed by atoms with Gasteiger partial charge in [0.1, 0.15) is 11.7 Å². The summed E-state index contributed by atoms with van der Waals surface area (Å²) < 4.78 is 5.02. The van der Waals surface area contributed by atoms with Crippen LogP contribution in [-0.2, 0) is 0 Å². The van der Waals surface area contributed by atoms with E-state index in [0.717, 1.165) is 5.56 Å². The van der Waals surface area contributed by atoms with Crippen molar-refractivity contribution < 1.29 is 9.32 Å². The Hall–Kier alpha value is -2.60. The maximum Gasteiger partial charge on any atom is 0.268 e. The van der Waals surface area contributed by atoms with Gasteiger partial charge >= 0.3 is 0 Å². The van der Waals surface area contributed by atoms with Gasteiger partial charge in [-0.1, -0.05) is 28.9 Å². The van der Waals surface area contributed by atoms with Crippen LogP contribution >= 0.6 is 11.6 Å². The molecule has 2 heterocycles. The summed E-state index contributed by atoms with van der Waals surface area (Å²) in [6.07, 6.45) is 1.69. The van der Waals surface area contributed by atoms with Gasteiger partial charge in [0.15, 0.2) is 5.82 Å². The molecule has 0 bridgehead atoms. The second kappa shape index (κ2) is 6.03. The number of carbonyl (C=O) groups excluding carboxylic acids is 1. The summed E-state index contributed by atoms with van der Waals surface area (Å²) in [6, 6.07) is 10.0. The summed E-state index contributed by atoms with van der Waals surface area (Å²) in [5.74, 6) is 0.565. The fourth-order valence-electron chi connectivity index (χ4n) is 2.06. The molecule has 3 aromatic rings. The van der Waals surface area contributed by atoms with Gasteiger partial charge in [-0.25, -0.2) is 0 Å². The normalized spacial score (nSPS) is 12.1. The van der Waals surface area contributed by atoms with Crippen molar-refractivity contribution in [3.8, 4) is 0 Å². The van der Waals surface area contributed by atoms with E-state index in [2.05, 4.69) is 20.4 Å². The zero-order valence-electron chi connectivity index (χ0n) is 11.7. The predicted molar refractivity (Wildman–Crippen MR) is 80.6 cm³/mol. The number of halogens is 1. The molecule has 2 N–H and O–H groups in total. The zero-order chi connectivity index (χ0) is 15.5. The van der Waals surface area contributed by atoms with E-state index in [9.17, 15) is 4.79 Å². The molecule has 112 valence electrons. The predicted octanol–water partition coefficient (Wildman–Crippen LogP) is 2.88. The van der Waals surface area contributed by atoms with E-state index >= 15 is 0 Å². The van der Waals surface area contributed by atoms with E-state index in [1.54, 1.807) is 37.4 Å². The molecular weight excluding hydrogens is 304 g/mol. The van der Waals surface area contributed by atoms with E-state index in [1.165, 1.54) is 0 Å². The number of H-pyrrole nitrogens is 1. The van der Waals surface area contributed by atoms with E-state index in [4.69, 9.17) is 16.1 Å². The standard InChI is InChI=1S/C15H13ClN4O2/c1-9-18-14(20-22-9)13(10-4-6-11(16)7-5-10)19-15(21)12-3-2-8-17-12/h2-8,13,17H,1H3,(H,19,21)/t13-/m1/s1. The van der Waals surface area contributed by atoms with Crippen molar-refractivity contribution in [2.75, 3.05) is 0 Å². The summed E-state index contributed by atoms with van der Waals surface area (Å²) in [6.45, 7) is 1.70. The Bertz CT molecular complexity index is 765. The van der Waals surface area contributed by atoms with E-state index in [-0.39, 0.29) is 5.91 Å². The molecule has 0 spiro atoms. The monoisotopic (exact) mass is 316 g/mol. The van der Waals surface area contributed by atoms with Crippen LogP contribution in [-0.4, -0.2) is 21.0 Å². The van der Waals surface area contributed by atoms with Crippen molar-refractivity contribution in [2.24, 2.45) is 0 Å². The van der Waals surface area contributed by atoms with Crippen molar-refractivity contribution >= 4 is 17.5 Å². The highest BCUT2D eigenvalue weighted by Crippen LogP contribution is 2.22. The molecule has 3 rings (SSSR count). The Kier molecular flexibility index (Phi) is 3.93. The molecular formula is C15H13ClN4O2. The third-order valence-corrected chi connectivity index (χ3v) is 3.37. The molecule has 22 heavy (non-hydrogen) atoms. The molecule has 0 saturated carbocycles. The van der Waals surface area contributed by atoms with Crippen molar-refractivity contribution in [2.45, 2.75) is 13.0 Å². The highest BCUT2D eigenvalue weighted by molar-refractivity contribution is 6.30. The van der Waals surface area contributed by atoms with Crippen molar-refractivity contribution in [3.63, 3.8) is 0 Å². The summed E-state index contributed by atoms with van der Waals surface area (Å²) >= 11 is 5.91. The molecule has 0 radical (unpaired) electrons. The Labute approximate surface area is 131 Å². The zero-order valence-corrected chi connectivity index (χ0v) is 12.5. The number of hydrogen-bond donors (Lipinski definition) is 2. The average molecular weight is 317 g/mol. The maximum absolute atomic E-state index is 12.3. The second-order valence-electron chi connectivity index (χ2n) is 4.71. The summed E-state index contributed by atoms with van der Waals surface area (Å²) in [5.41, 5.74) is 1.27. The van der Waals surface area contributed by atoms with Gasteiger partial charge in [-0.3, -0.25) is 4.79 Å². The number of nitrogens with one attached hydrogen (secondary N) is 2. The van der Waals surface area contributed by atoms with Crippen LogP contribution in [0.5, 0.6) is 0 Å². The van der Waals surface area contributed by atoms with Crippen LogP contribution < -0.4 is 5.32 Å². The molecule has 6 nitrogen and oxygen atoms in total. The van der Waals surface area contributed by atoms with Crippen molar-refractivity contribution in [1.82, 2.24) is 20.4 Å². The lowest BCUT2D eigenvalue weighted by atomic mass is 10.1. The van der Waals surface area contributed by atoms with Crippen LogP contribution in [0.2, 0.25) is 5.02 Å². The minimum absolute atomic E-state index is 0.257. The third kappa shape index (κ3) is 3.01. The Balaban J connectivity index is 1.92. The van der Waals surface area contributed by atoms with Gasteiger partial charge in [-0.05, 0) is 29.8 Å². The van der Waals surface area contributed by atoms with Crippen LogP contribution in [0.15, 0.2) is 47.1 Å². The van der Waals surface area contributed by atoms with Crippen LogP contribution in [0, 0.1) is 6.92 Å². The molecule has 7 heteroatoms. The quantitative estimate of drug-likeness (QED) is 0.775. The number of nitrogens with zero attached hydrogens (tertiary/aromatic N) is 2. The van der Waals surface area contributed by atoms with Crippen LogP contribution in [0.4, 0.5) is 0 Å². The maximum atomic E-state index is 12.3. The van der Waals surface area contributed by atoms with Crippen molar-refractivity contribution in [1.29, 1.82) is 0 Å². The van der Waals surface area contributed by atoms with Gasteiger partial charge in [0.2, 0.25) is 5.89 Å². The molecule has 1 aromatic carbocycles. The molecule has 0 unspecified atom stereocenters. The molecule has 0 fully saturated rings. The first-order valence-electron chi connectivity index (χ1n) is 6.63. The number of benzene rings is 1. The molecule has 0 aliphatic heterocycles. The van der Waals surface area contributed by atoms with Gasteiger partial charge in [-0.15, -0.1) is 0 Å². The van der Waals surface area contributed by atoms with Crippen LogP contribution in [0.1, 0.15) is 33.8 Å². The Morgan fingerprint density at radius 1 is 1.32 bits per heavy atom. The molecule has 0 aliphatic carbocycles. The minimum Gasteiger partial charge on any atom is -0.357 e. The lowest BCUT2D eigenvalue weighted by Crippen LogP contribution is -2.30. The lowest BCUT2D eigenvalue weighted by molar-refractivity contribution is 0.0937. The van der Waals surface area contributed by atoms with Crippen LogP contribution in [0.3, 0.4) is 0 Å². The van der Waals surface area contributed by atoms with E-state index in [0.29, 0.717) is 22.4 Å². The Morgan fingerprint density at radius 3 is 2.68 bits per heavy atom. The molecule has 2 aromatic heterocycles. The topological polar surface area (TPSA) is 83.8 Å². The number of hydrogen-bond acceptors (Lipinski definition) is 4. The van der Waals surface area contributed by atoms with Gasteiger partial charge < -0.3 is 14.8 Å². The molecule has 1 amide bonds. The van der Waals surface area contributed by atoms with Gasteiger partial charge in [0, 0.05) is 18.1 Å². The number of aryl methyl sites for hydroxylation is 1. The lowest BCUT2D eigenvalue weighted by Gasteiger charge is -2.15. The molecule has 0 aliphatic rings. The minimum atomic E-state index is -0.523. The van der Waals surface area contributed by atoms with Crippen LogP contribution in [0.25, 0.3) is 0 Å². The number of aromatic amines is 1. The van der Waals surface area contributed by atoms with Gasteiger partial charge in [0.25, 0.3) is 5.91 Å². The van der Waals surface area contributed by atoms with Gasteiger partial charge in [-0.2, -0.15) is 4.98 Å². The molecule has 0 saturated heterocycles. The fourth-order valence-corrected chi connectivity index (χ4v) is 2.19. The van der Waals surface area contributed by atoms with Gasteiger partial charge in [0.05, 0.1) is 0 Å². The van der Waals surface area contributed by atoms with E-state index in [1.807, 2.05) is 12.1 Å². The SMILES string of the molecule is Cc1nc([C@H](NC(=O)c2ccc[nH]2)c2ccc(Cl)cc2)no1. The largest absolute Gasteiger partial charge is 0.357 e. The molecule has 1 atom stereocenters. The third-order valence-electron chi connectivity index (χ3n) is 3.12. The smallest absolute Gasteiger partial charge is 0.268 e. The van der Waals surface area contributed by atoms with Crippen molar-refractivity contribution in [3.05, 3.63) is 70.6 Å². The van der Waals surface area contributed by atoms with E-state index < -0.39 is 6.04 Å². The number of carbonyl (C=O) groups is 1. The summed E-state index contributed by atoms with van der Waals surface area (Å²) in [4.78, 5) is 19.4. The first-order chi connectivity index (χ1) is 10.6. The average Bonchev–Trinajstić information content (AvgIpc) is 3.17. The second-order valence-corrected chi connectivity index (χ2v) is 5.15. The first kappa shape index (κ1) is 14.3. The number of aromatic nitrogens is 3. The summed E-state index contributed by atoms with van der Waals surface area (Å²) in [7, 11) is 0. The number of rotatable bonds is 4. The summed E-state index contributed by atoms with van der Waals surface area (Å²) in [5, 5.41) is 7.41. The highest BCUT2D eigenvalue weighted by atomic mass is 35.5. The first-order valence-corrected chi connectivity index (χ1v) is 7.01. The highest BCUT2D eigenvalue weighted by Gasteiger charge is 2.22. The fraction of sp³-hybridized carbons (Fsp3) is 0.133. The number of amides is 1. The Morgan fingerprint density at radius 2 is 2.09 bits per heavy atom.